The highest BCUT2D eigenvalue weighted by molar-refractivity contribution is 5.94. The first-order chi connectivity index (χ1) is 13.2. The summed E-state index contributed by atoms with van der Waals surface area (Å²) in [6, 6.07) is 9.27. The zero-order chi connectivity index (χ0) is 19.1. The fourth-order valence-corrected chi connectivity index (χ4v) is 3.98. The van der Waals surface area contributed by atoms with Gasteiger partial charge in [0.05, 0.1) is 12.1 Å². The Labute approximate surface area is 161 Å². The van der Waals surface area contributed by atoms with E-state index in [-0.39, 0.29) is 24.0 Å². The Kier molecular flexibility index (Phi) is 7.24. The van der Waals surface area contributed by atoms with Crippen molar-refractivity contribution in [1.82, 2.24) is 15.1 Å². The van der Waals surface area contributed by atoms with E-state index < -0.39 is 0 Å². The second-order valence-corrected chi connectivity index (χ2v) is 7.50. The van der Waals surface area contributed by atoms with Crippen LogP contribution in [0.1, 0.15) is 42.5 Å². The number of nitrogens with zero attached hydrogens (tertiary/aromatic N) is 2. The largest absolute Gasteiger partial charge is 0.378 e. The predicted molar refractivity (Wildman–Crippen MR) is 105 cm³/mol. The number of benzene rings is 1. The molecule has 2 unspecified atom stereocenters. The Hall–Kier alpha value is -1.92. The zero-order valence-corrected chi connectivity index (χ0v) is 16.2. The Balaban J connectivity index is 1.46. The summed E-state index contributed by atoms with van der Waals surface area (Å²) in [6.07, 6.45) is 4.83. The van der Waals surface area contributed by atoms with E-state index in [9.17, 15) is 9.59 Å². The second-order valence-electron chi connectivity index (χ2n) is 7.50. The van der Waals surface area contributed by atoms with Gasteiger partial charge in [-0.15, -0.1) is 0 Å². The van der Waals surface area contributed by atoms with Crippen LogP contribution in [0, 0.1) is 0 Å². The monoisotopic (exact) mass is 373 g/mol. The lowest BCUT2D eigenvalue weighted by Gasteiger charge is -2.38. The molecule has 2 aliphatic heterocycles. The first-order valence-electron chi connectivity index (χ1n) is 10.1. The number of hydrogen-bond acceptors (Lipinski definition) is 4. The number of carbonyl (C=O) groups is 2. The maximum absolute atomic E-state index is 12.4. The van der Waals surface area contributed by atoms with E-state index in [1.807, 2.05) is 35.2 Å². The fourth-order valence-electron chi connectivity index (χ4n) is 3.98. The van der Waals surface area contributed by atoms with E-state index in [2.05, 4.69) is 10.2 Å². The van der Waals surface area contributed by atoms with Gasteiger partial charge in [-0.05, 0) is 37.8 Å². The van der Waals surface area contributed by atoms with Crippen LogP contribution in [-0.4, -0.2) is 73.6 Å². The van der Waals surface area contributed by atoms with Crippen molar-refractivity contribution < 1.29 is 14.3 Å². The topological polar surface area (TPSA) is 61.9 Å². The predicted octanol–water partition coefficient (Wildman–Crippen LogP) is 1.91. The molecule has 0 spiro atoms. The molecule has 6 heteroatoms. The zero-order valence-electron chi connectivity index (χ0n) is 16.2. The van der Waals surface area contributed by atoms with Gasteiger partial charge in [0.1, 0.15) is 0 Å². The van der Waals surface area contributed by atoms with Gasteiger partial charge in [-0.3, -0.25) is 9.59 Å². The number of amides is 2. The third-order valence-electron chi connectivity index (χ3n) is 5.65. The molecular weight excluding hydrogens is 342 g/mol. The van der Waals surface area contributed by atoms with Crippen LogP contribution in [0.15, 0.2) is 30.3 Å². The number of rotatable bonds is 6. The van der Waals surface area contributed by atoms with Crippen LogP contribution in [0.2, 0.25) is 0 Å². The number of nitrogens with one attached hydrogen (secondary N) is 1. The average Bonchev–Trinajstić information content (AvgIpc) is 2.74. The molecule has 2 saturated heterocycles. The molecule has 1 aromatic rings. The highest BCUT2D eigenvalue weighted by atomic mass is 16.5. The second kappa shape index (κ2) is 9.85. The molecule has 0 aliphatic carbocycles. The van der Waals surface area contributed by atoms with Crippen molar-refractivity contribution in [3.63, 3.8) is 0 Å². The van der Waals surface area contributed by atoms with Gasteiger partial charge < -0.3 is 19.9 Å². The van der Waals surface area contributed by atoms with Crippen LogP contribution < -0.4 is 5.32 Å². The minimum Gasteiger partial charge on any atom is -0.378 e. The van der Waals surface area contributed by atoms with Crippen LogP contribution in [0.4, 0.5) is 0 Å². The standard InChI is InChI=1S/C21H31N3O3/c1-27-19-16-23(15-11-20(25)24-12-6-3-7-13-24)14-10-18(19)22-21(26)17-8-4-2-5-9-17/h2,4-5,8-9,18-19H,3,6-7,10-16H2,1H3,(H,22,26). The number of piperidine rings is 2. The van der Waals surface area contributed by atoms with Crippen LogP contribution in [0.3, 0.4) is 0 Å². The van der Waals surface area contributed by atoms with E-state index >= 15 is 0 Å². The molecule has 0 bridgehead atoms. The molecular formula is C21H31N3O3. The number of ether oxygens (including phenoxy) is 1. The molecule has 1 aromatic carbocycles. The summed E-state index contributed by atoms with van der Waals surface area (Å²) < 4.78 is 5.64. The molecule has 3 rings (SSSR count). The third kappa shape index (κ3) is 5.53. The summed E-state index contributed by atoms with van der Waals surface area (Å²) in [5.74, 6) is 0.208. The Bertz CT molecular complexity index is 616. The van der Waals surface area contributed by atoms with Crippen molar-refractivity contribution in [2.75, 3.05) is 39.8 Å². The van der Waals surface area contributed by atoms with Gasteiger partial charge >= 0.3 is 0 Å². The van der Waals surface area contributed by atoms with Crippen molar-refractivity contribution in [1.29, 1.82) is 0 Å². The smallest absolute Gasteiger partial charge is 0.251 e. The molecule has 1 N–H and O–H groups in total. The average molecular weight is 373 g/mol. The van der Waals surface area contributed by atoms with E-state index in [4.69, 9.17) is 4.74 Å². The van der Waals surface area contributed by atoms with Crippen molar-refractivity contribution in [3.05, 3.63) is 35.9 Å². The van der Waals surface area contributed by atoms with E-state index in [0.29, 0.717) is 12.0 Å². The molecule has 6 nitrogen and oxygen atoms in total. The number of carbonyl (C=O) groups excluding carboxylic acids is 2. The maximum Gasteiger partial charge on any atom is 0.251 e. The summed E-state index contributed by atoms with van der Waals surface area (Å²) in [5, 5.41) is 3.11. The van der Waals surface area contributed by atoms with Gasteiger partial charge in [-0.25, -0.2) is 0 Å². The van der Waals surface area contributed by atoms with Gasteiger partial charge in [0.2, 0.25) is 5.91 Å². The van der Waals surface area contributed by atoms with Crippen LogP contribution in [0.25, 0.3) is 0 Å². The lowest BCUT2D eigenvalue weighted by Crippen LogP contribution is -2.55. The Morgan fingerprint density at radius 2 is 1.85 bits per heavy atom. The fraction of sp³-hybridized carbons (Fsp3) is 0.619. The maximum atomic E-state index is 12.4. The van der Waals surface area contributed by atoms with Crippen molar-refractivity contribution in [2.45, 2.75) is 44.2 Å². The van der Waals surface area contributed by atoms with Gasteiger partial charge in [-0.1, -0.05) is 18.2 Å². The quantitative estimate of drug-likeness (QED) is 0.827. The number of likely N-dealkylation sites (tertiary alicyclic amines) is 2. The summed E-state index contributed by atoms with van der Waals surface area (Å²) in [5.41, 5.74) is 0.668. The molecule has 2 fully saturated rings. The summed E-state index contributed by atoms with van der Waals surface area (Å²) in [4.78, 5) is 29.1. The highest BCUT2D eigenvalue weighted by Crippen LogP contribution is 2.16. The van der Waals surface area contributed by atoms with E-state index in [0.717, 1.165) is 52.0 Å². The molecule has 27 heavy (non-hydrogen) atoms. The lowest BCUT2D eigenvalue weighted by atomic mass is 10.0. The minimum atomic E-state index is -0.0589. The third-order valence-corrected chi connectivity index (χ3v) is 5.65. The van der Waals surface area contributed by atoms with Crippen molar-refractivity contribution in [2.24, 2.45) is 0 Å². The normalized spacial score (nSPS) is 23.8. The van der Waals surface area contributed by atoms with Crippen LogP contribution in [-0.2, 0) is 9.53 Å². The van der Waals surface area contributed by atoms with Gasteiger partial charge in [0, 0.05) is 51.8 Å². The molecule has 2 heterocycles. The molecule has 2 atom stereocenters. The summed E-state index contributed by atoms with van der Waals surface area (Å²) in [7, 11) is 1.69. The first-order valence-corrected chi connectivity index (χ1v) is 10.1. The molecule has 2 amide bonds. The summed E-state index contributed by atoms with van der Waals surface area (Å²) in [6.45, 7) is 4.19. The van der Waals surface area contributed by atoms with Crippen molar-refractivity contribution in [3.8, 4) is 0 Å². The Morgan fingerprint density at radius 3 is 2.56 bits per heavy atom. The highest BCUT2D eigenvalue weighted by Gasteiger charge is 2.31. The van der Waals surface area contributed by atoms with Gasteiger partial charge in [0.25, 0.3) is 5.91 Å². The van der Waals surface area contributed by atoms with Crippen LogP contribution >= 0.6 is 0 Å². The number of methoxy groups -OCH3 is 1. The molecule has 0 aromatic heterocycles. The van der Waals surface area contributed by atoms with Crippen LogP contribution in [0.5, 0.6) is 0 Å². The number of hydrogen-bond donors (Lipinski definition) is 1. The molecule has 0 saturated carbocycles. The SMILES string of the molecule is COC1CN(CCC(=O)N2CCCCC2)CCC1NC(=O)c1ccccc1. The molecule has 148 valence electrons. The van der Waals surface area contributed by atoms with E-state index in [1.54, 1.807) is 7.11 Å². The van der Waals surface area contributed by atoms with Gasteiger partial charge in [0.15, 0.2) is 0 Å². The van der Waals surface area contributed by atoms with Gasteiger partial charge in [-0.2, -0.15) is 0 Å². The Morgan fingerprint density at radius 1 is 1.11 bits per heavy atom. The summed E-state index contributed by atoms with van der Waals surface area (Å²) >= 11 is 0. The van der Waals surface area contributed by atoms with E-state index in [1.165, 1.54) is 6.42 Å². The van der Waals surface area contributed by atoms with Crippen molar-refractivity contribution >= 4 is 11.8 Å². The minimum absolute atomic E-state index is 0.00301. The first kappa shape index (κ1) is 19.8. The molecule has 0 radical (unpaired) electrons. The molecule has 2 aliphatic rings. The lowest BCUT2D eigenvalue weighted by molar-refractivity contribution is -0.132.